The Balaban J connectivity index is 1.40. The molecule has 0 atom stereocenters. The minimum Gasteiger partial charge on any atom is -0.486 e. The number of rotatable bonds is 10. The Morgan fingerprint density at radius 2 is 1.75 bits per heavy atom. The number of fused-ring (bicyclic) bond motifs is 1. The van der Waals surface area contributed by atoms with Crippen LogP contribution in [0.25, 0.3) is 22.2 Å². The van der Waals surface area contributed by atoms with Crippen molar-refractivity contribution < 1.29 is 32.5 Å². The van der Waals surface area contributed by atoms with Gasteiger partial charge in [0.15, 0.2) is 23.0 Å². The molecule has 0 fully saturated rings. The van der Waals surface area contributed by atoms with Gasteiger partial charge < -0.3 is 28.8 Å². The molecule has 1 amide bonds. The fraction of sp³-hybridized carbons (Fsp3) is 0.188. The molecule has 5 rings (SSSR count). The van der Waals surface area contributed by atoms with Crippen molar-refractivity contribution in [3.63, 3.8) is 0 Å². The molecular weight excluding hydrogens is 574 g/mol. The van der Waals surface area contributed by atoms with E-state index < -0.39 is 23.0 Å². The molecule has 44 heavy (non-hydrogen) atoms. The largest absolute Gasteiger partial charge is 0.486 e. The van der Waals surface area contributed by atoms with Crippen LogP contribution in [0.2, 0.25) is 0 Å². The lowest BCUT2D eigenvalue weighted by Crippen LogP contribution is -2.25. The summed E-state index contributed by atoms with van der Waals surface area (Å²) in [5.74, 6) is -1.27. The summed E-state index contributed by atoms with van der Waals surface area (Å²) >= 11 is 0. The number of amides is 1. The maximum atomic E-state index is 15.2. The second-order valence-electron chi connectivity index (χ2n) is 9.67. The zero-order chi connectivity index (χ0) is 31.4. The van der Waals surface area contributed by atoms with Crippen molar-refractivity contribution in [3.05, 3.63) is 100 Å². The van der Waals surface area contributed by atoms with E-state index in [4.69, 9.17) is 18.9 Å². The summed E-state index contributed by atoms with van der Waals surface area (Å²) in [4.78, 5) is 35.1. The molecule has 0 spiro atoms. The van der Waals surface area contributed by atoms with E-state index in [0.717, 1.165) is 6.07 Å². The summed E-state index contributed by atoms with van der Waals surface area (Å²) in [7, 11) is 4.69. The minimum absolute atomic E-state index is 0.102. The molecular formula is C32H28F2N4O6. The van der Waals surface area contributed by atoms with Gasteiger partial charge >= 0.3 is 0 Å². The lowest BCUT2D eigenvalue weighted by atomic mass is 10.0. The maximum absolute atomic E-state index is 15.2. The van der Waals surface area contributed by atoms with Crippen molar-refractivity contribution in [1.82, 2.24) is 14.5 Å². The lowest BCUT2D eigenvalue weighted by molar-refractivity contribution is 0.102. The van der Waals surface area contributed by atoms with Crippen LogP contribution in [0.15, 0.2) is 71.8 Å². The number of benzene rings is 2. The molecule has 0 aliphatic rings. The first-order valence-electron chi connectivity index (χ1n) is 13.4. The first-order valence-corrected chi connectivity index (χ1v) is 13.4. The molecule has 0 aliphatic carbocycles. The summed E-state index contributed by atoms with van der Waals surface area (Å²) < 4.78 is 52.3. The molecule has 0 saturated carbocycles. The van der Waals surface area contributed by atoms with E-state index in [0.29, 0.717) is 34.6 Å². The fourth-order valence-electron chi connectivity index (χ4n) is 4.51. The highest BCUT2D eigenvalue weighted by molar-refractivity contribution is 6.04. The van der Waals surface area contributed by atoms with Crippen LogP contribution in [0, 0.1) is 18.6 Å². The number of carbonyl (C=O) groups excluding carboxylic acids is 1. The first kappa shape index (κ1) is 30.1. The number of aromatic nitrogens is 3. The van der Waals surface area contributed by atoms with Gasteiger partial charge in [0.1, 0.15) is 23.7 Å². The van der Waals surface area contributed by atoms with Crippen LogP contribution in [-0.4, -0.2) is 47.9 Å². The Morgan fingerprint density at radius 1 is 0.977 bits per heavy atom. The van der Waals surface area contributed by atoms with Gasteiger partial charge in [-0.1, -0.05) is 12.1 Å². The standard InChI is InChI=1S/C32H28F2N4O6/c1-18-28(19-5-7-20(33)8-6-19)29(39)23(17-38(18)2)31(40)36-21-9-10-26(24(34)15-21)44-25-11-12-35-30-22(25)16-27(32(37-30)42-4)43-14-13-41-3/h5-12,15-17H,13-14H2,1-4H3,(H,36,40). The number of ether oxygens (including phenoxy) is 4. The second kappa shape index (κ2) is 12.9. The number of nitrogens with zero attached hydrogens (tertiary/aromatic N) is 3. The summed E-state index contributed by atoms with van der Waals surface area (Å²) in [5, 5.41) is 3.02. The normalized spacial score (nSPS) is 11.0. The van der Waals surface area contributed by atoms with Gasteiger partial charge in [0.05, 0.1) is 19.1 Å². The predicted molar refractivity (Wildman–Crippen MR) is 160 cm³/mol. The molecule has 3 heterocycles. The Labute approximate surface area is 250 Å². The number of aryl methyl sites for hydroxylation is 1. The molecule has 3 aromatic heterocycles. The molecule has 0 radical (unpaired) electrons. The average Bonchev–Trinajstić information content (AvgIpc) is 3.01. The number of pyridine rings is 3. The second-order valence-corrected chi connectivity index (χ2v) is 9.67. The third-order valence-corrected chi connectivity index (χ3v) is 6.83. The highest BCUT2D eigenvalue weighted by Gasteiger charge is 2.20. The van der Waals surface area contributed by atoms with Gasteiger partial charge in [0, 0.05) is 55.6 Å². The molecule has 1 N–H and O–H groups in total. The van der Waals surface area contributed by atoms with Crippen LogP contribution in [0.3, 0.4) is 0 Å². The van der Waals surface area contributed by atoms with E-state index >= 15 is 4.39 Å². The van der Waals surface area contributed by atoms with Crippen LogP contribution >= 0.6 is 0 Å². The van der Waals surface area contributed by atoms with Crippen LogP contribution in [0.4, 0.5) is 14.5 Å². The zero-order valence-corrected chi connectivity index (χ0v) is 24.3. The van der Waals surface area contributed by atoms with Crippen LogP contribution in [-0.2, 0) is 11.8 Å². The van der Waals surface area contributed by atoms with Gasteiger partial charge in [-0.25, -0.2) is 13.8 Å². The van der Waals surface area contributed by atoms with E-state index in [9.17, 15) is 14.0 Å². The van der Waals surface area contributed by atoms with Crippen molar-refractivity contribution in [2.45, 2.75) is 6.92 Å². The summed E-state index contributed by atoms with van der Waals surface area (Å²) in [6, 6.07) is 12.5. The Kier molecular flexibility index (Phi) is 8.81. The van der Waals surface area contributed by atoms with E-state index in [-0.39, 0.29) is 40.8 Å². The maximum Gasteiger partial charge on any atom is 0.261 e. The Morgan fingerprint density at radius 3 is 2.45 bits per heavy atom. The van der Waals surface area contributed by atoms with Crippen LogP contribution in [0.5, 0.6) is 23.1 Å². The summed E-state index contributed by atoms with van der Waals surface area (Å²) in [5.41, 5.74) is 1.03. The Bertz CT molecular complexity index is 1910. The highest BCUT2D eigenvalue weighted by Crippen LogP contribution is 2.36. The number of anilines is 1. The quantitative estimate of drug-likeness (QED) is 0.204. The van der Waals surface area contributed by atoms with Crippen LogP contribution in [0.1, 0.15) is 16.1 Å². The number of carbonyl (C=O) groups is 1. The Hall–Kier alpha value is -5.36. The first-order chi connectivity index (χ1) is 21.2. The molecule has 12 heteroatoms. The minimum atomic E-state index is -0.769. The zero-order valence-electron chi connectivity index (χ0n) is 24.3. The van der Waals surface area contributed by atoms with E-state index in [1.54, 1.807) is 37.8 Å². The fourth-order valence-corrected chi connectivity index (χ4v) is 4.51. The van der Waals surface area contributed by atoms with E-state index in [1.807, 2.05) is 0 Å². The number of hydrogen-bond acceptors (Lipinski definition) is 8. The summed E-state index contributed by atoms with van der Waals surface area (Å²) in [6.07, 6.45) is 2.86. The molecule has 0 saturated heterocycles. The molecule has 226 valence electrons. The number of nitrogens with one attached hydrogen (secondary N) is 1. The van der Waals surface area contributed by atoms with Crippen molar-refractivity contribution in [1.29, 1.82) is 0 Å². The van der Waals surface area contributed by atoms with Gasteiger partial charge in [-0.15, -0.1) is 0 Å². The third kappa shape index (κ3) is 6.20. The van der Waals surface area contributed by atoms with Gasteiger partial charge in [-0.2, -0.15) is 4.98 Å². The highest BCUT2D eigenvalue weighted by atomic mass is 19.1. The van der Waals surface area contributed by atoms with Crippen molar-refractivity contribution in [3.8, 4) is 34.3 Å². The van der Waals surface area contributed by atoms with Crippen molar-refractivity contribution in [2.24, 2.45) is 7.05 Å². The topological polar surface area (TPSA) is 114 Å². The number of methoxy groups -OCH3 is 2. The van der Waals surface area contributed by atoms with Crippen LogP contribution < -0.4 is 25.0 Å². The van der Waals surface area contributed by atoms with Gasteiger partial charge in [0.25, 0.3) is 11.8 Å². The number of halogens is 2. The summed E-state index contributed by atoms with van der Waals surface area (Å²) in [6.45, 7) is 2.32. The van der Waals surface area contributed by atoms with Gasteiger partial charge in [0.2, 0.25) is 5.43 Å². The smallest absolute Gasteiger partial charge is 0.261 e. The van der Waals surface area contributed by atoms with E-state index in [1.165, 1.54) is 55.9 Å². The van der Waals surface area contributed by atoms with Crippen molar-refractivity contribution >= 4 is 22.6 Å². The molecule has 0 bridgehead atoms. The monoisotopic (exact) mass is 602 g/mol. The predicted octanol–water partition coefficient (Wildman–Crippen LogP) is 5.66. The lowest BCUT2D eigenvalue weighted by Gasteiger charge is -2.15. The van der Waals surface area contributed by atoms with E-state index in [2.05, 4.69) is 15.3 Å². The van der Waals surface area contributed by atoms with Gasteiger partial charge in [-0.3, -0.25) is 9.59 Å². The average molecular weight is 603 g/mol. The SMILES string of the molecule is COCCOc1cc2c(Oc3ccc(NC(=O)c4cn(C)c(C)c(-c5ccc(F)cc5)c4=O)cc3F)ccnc2nc1OC. The molecule has 2 aromatic carbocycles. The number of hydrogen-bond donors (Lipinski definition) is 1. The molecule has 0 aliphatic heterocycles. The van der Waals surface area contributed by atoms with Gasteiger partial charge in [-0.05, 0) is 42.8 Å². The van der Waals surface area contributed by atoms with Crippen molar-refractivity contribution in [2.75, 3.05) is 32.8 Å². The molecule has 5 aromatic rings. The third-order valence-electron chi connectivity index (χ3n) is 6.83. The molecule has 0 unspecified atom stereocenters. The molecule has 10 nitrogen and oxygen atoms in total.